The van der Waals surface area contributed by atoms with Crippen molar-refractivity contribution in [3.8, 4) is 11.5 Å². The molecule has 0 bridgehead atoms. The summed E-state index contributed by atoms with van der Waals surface area (Å²) in [5.74, 6) is 1.10. The second-order valence-corrected chi connectivity index (χ2v) is 5.20. The third-order valence-electron chi connectivity index (χ3n) is 2.62. The minimum absolute atomic E-state index is 0.0563. The van der Waals surface area contributed by atoms with Crippen LogP contribution in [0.25, 0.3) is 0 Å². The van der Waals surface area contributed by atoms with Gasteiger partial charge in [0.2, 0.25) is 0 Å². The van der Waals surface area contributed by atoms with E-state index in [2.05, 4.69) is 0 Å². The Morgan fingerprint density at radius 2 is 1.80 bits per heavy atom. The summed E-state index contributed by atoms with van der Waals surface area (Å²) in [6, 6.07) is 3.46. The molecule has 0 saturated heterocycles. The molecule has 0 unspecified atom stereocenters. The molecule has 0 aliphatic rings. The molecule has 0 atom stereocenters. The minimum Gasteiger partial charge on any atom is -0.496 e. The Kier molecular flexibility index (Phi) is 6.48. The standard InChI is InChI=1S/C13H18F3NO2S/c1-18-10-8-12(20-6-4-13(14,15)16)11(19-2)7-9(10)3-5-17/h7-8H,3-6,17H2,1-2H3. The van der Waals surface area contributed by atoms with E-state index in [4.69, 9.17) is 15.2 Å². The number of halogens is 3. The fraction of sp³-hybridized carbons (Fsp3) is 0.538. The van der Waals surface area contributed by atoms with Gasteiger partial charge in [0.15, 0.2) is 0 Å². The summed E-state index contributed by atoms with van der Waals surface area (Å²) in [7, 11) is 3.01. The average molecular weight is 309 g/mol. The minimum atomic E-state index is -4.15. The van der Waals surface area contributed by atoms with Gasteiger partial charge in [-0.25, -0.2) is 0 Å². The third-order valence-corrected chi connectivity index (χ3v) is 3.66. The van der Waals surface area contributed by atoms with Gasteiger partial charge >= 0.3 is 6.18 Å². The Labute approximate surface area is 120 Å². The van der Waals surface area contributed by atoms with E-state index in [9.17, 15) is 13.2 Å². The van der Waals surface area contributed by atoms with E-state index in [1.807, 2.05) is 0 Å². The molecule has 0 heterocycles. The van der Waals surface area contributed by atoms with Gasteiger partial charge < -0.3 is 15.2 Å². The molecule has 7 heteroatoms. The number of ether oxygens (including phenoxy) is 2. The topological polar surface area (TPSA) is 44.5 Å². The highest BCUT2D eigenvalue weighted by Crippen LogP contribution is 2.37. The van der Waals surface area contributed by atoms with Crippen LogP contribution in [0.15, 0.2) is 17.0 Å². The first-order chi connectivity index (χ1) is 9.41. The normalized spacial score (nSPS) is 11.5. The van der Waals surface area contributed by atoms with Crippen molar-refractivity contribution in [1.82, 2.24) is 0 Å². The van der Waals surface area contributed by atoms with Gasteiger partial charge in [-0.2, -0.15) is 13.2 Å². The van der Waals surface area contributed by atoms with E-state index in [0.29, 0.717) is 29.4 Å². The van der Waals surface area contributed by atoms with Crippen molar-refractivity contribution in [2.24, 2.45) is 5.73 Å². The zero-order valence-corrected chi connectivity index (χ0v) is 12.2. The van der Waals surface area contributed by atoms with E-state index < -0.39 is 12.6 Å². The molecule has 2 N–H and O–H groups in total. The third kappa shape index (κ3) is 5.13. The van der Waals surface area contributed by atoms with Crippen molar-refractivity contribution in [3.05, 3.63) is 17.7 Å². The molecule has 1 rings (SSSR count). The van der Waals surface area contributed by atoms with Crippen molar-refractivity contribution < 1.29 is 22.6 Å². The van der Waals surface area contributed by atoms with Crippen molar-refractivity contribution in [1.29, 1.82) is 0 Å². The molecule has 0 saturated carbocycles. The lowest BCUT2D eigenvalue weighted by atomic mass is 10.1. The Morgan fingerprint density at radius 1 is 1.15 bits per heavy atom. The van der Waals surface area contributed by atoms with Gasteiger partial charge in [0.1, 0.15) is 11.5 Å². The van der Waals surface area contributed by atoms with Crippen LogP contribution in [0.3, 0.4) is 0 Å². The number of nitrogens with two attached hydrogens (primary N) is 1. The van der Waals surface area contributed by atoms with E-state index in [1.165, 1.54) is 14.2 Å². The molecule has 1 aromatic rings. The smallest absolute Gasteiger partial charge is 0.389 e. The summed E-state index contributed by atoms with van der Waals surface area (Å²) in [6.07, 6.45) is -4.37. The van der Waals surface area contributed by atoms with E-state index in [-0.39, 0.29) is 5.75 Å². The SMILES string of the molecule is COc1cc(SCCC(F)(F)F)c(OC)cc1CCN. The van der Waals surface area contributed by atoms with Crippen molar-refractivity contribution in [2.75, 3.05) is 26.5 Å². The number of hydrogen-bond donors (Lipinski definition) is 1. The van der Waals surface area contributed by atoms with Crippen LogP contribution in [0, 0.1) is 0 Å². The largest absolute Gasteiger partial charge is 0.496 e. The molecule has 0 aliphatic heterocycles. The highest BCUT2D eigenvalue weighted by Gasteiger charge is 2.26. The fourth-order valence-corrected chi connectivity index (χ4v) is 2.70. The van der Waals surface area contributed by atoms with Crippen molar-refractivity contribution in [2.45, 2.75) is 23.9 Å². The molecule has 0 fully saturated rings. The lowest BCUT2D eigenvalue weighted by molar-refractivity contribution is -0.129. The number of benzene rings is 1. The van der Waals surface area contributed by atoms with Crippen LogP contribution < -0.4 is 15.2 Å². The number of rotatable bonds is 7. The average Bonchev–Trinajstić information content (AvgIpc) is 2.38. The summed E-state index contributed by atoms with van der Waals surface area (Å²) in [4.78, 5) is 0.634. The first-order valence-corrected chi connectivity index (χ1v) is 7.04. The van der Waals surface area contributed by atoms with E-state index >= 15 is 0 Å². The lowest BCUT2D eigenvalue weighted by Gasteiger charge is -2.14. The predicted molar refractivity (Wildman–Crippen MR) is 73.7 cm³/mol. The van der Waals surface area contributed by atoms with Gasteiger partial charge in [0.05, 0.1) is 25.5 Å². The van der Waals surface area contributed by atoms with Crippen LogP contribution in [0.2, 0.25) is 0 Å². The van der Waals surface area contributed by atoms with Crippen LogP contribution >= 0.6 is 11.8 Å². The van der Waals surface area contributed by atoms with Gasteiger partial charge in [0, 0.05) is 5.75 Å². The van der Waals surface area contributed by atoms with Gasteiger partial charge in [-0.1, -0.05) is 0 Å². The predicted octanol–water partition coefficient (Wildman–Crippen LogP) is 3.25. The molecule has 20 heavy (non-hydrogen) atoms. The van der Waals surface area contributed by atoms with Crippen molar-refractivity contribution >= 4 is 11.8 Å². The molecule has 3 nitrogen and oxygen atoms in total. The molecular formula is C13H18F3NO2S. The number of methoxy groups -OCH3 is 2. The van der Waals surface area contributed by atoms with Gasteiger partial charge in [0.25, 0.3) is 0 Å². The monoisotopic (exact) mass is 309 g/mol. The van der Waals surface area contributed by atoms with Crippen LogP contribution in [0.4, 0.5) is 13.2 Å². The molecular weight excluding hydrogens is 291 g/mol. The summed E-state index contributed by atoms with van der Waals surface area (Å²) < 4.78 is 47.0. The molecule has 1 aromatic carbocycles. The number of hydrogen-bond acceptors (Lipinski definition) is 4. The number of thioether (sulfide) groups is 1. The zero-order valence-electron chi connectivity index (χ0n) is 11.4. The Morgan fingerprint density at radius 3 is 2.30 bits per heavy atom. The summed E-state index contributed by atoms with van der Waals surface area (Å²) in [5.41, 5.74) is 6.40. The van der Waals surface area contributed by atoms with Gasteiger partial charge in [-0.3, -0.25) is 0 Å². The molecule has 0 aromatic heterocycles. The highest BCUT2D eigenvalue weighted by molar-refractivity contribution is 7.99. The zero-order chi connectivity index (χ0) is 15.2. The van der Waals surface area contributed by atoms with E-state index in [1.54, 1.807) is 12.1 Å². The van der Waals surface area contributed by atoms with Crippen LogP contribution in [0.5, 0.6) is 11.5 Å². The van der Waals surface area contributed by atoms with Gasteiger partial charge in [-0.15, -0.1) is 11.8 Å². The summed E-state index contributed by atoms with van der Waals surface area (Å²) in [5, 5.41) is 0. The van der Waals surface area contributed by atoms with Crippen LogP contribution in [0.1, 0.15) is 12.0 Å². The number of alkyl halides is 3. The van der Waals surface area contributed by atoms with Crippen LogP contribution in [-0.4, -0.2) is 32.7 Å². The Hall–Kier alpha value is -1.08. The Bertz CT molecular complexity index is 438. The summed E-state index contributed by atoms with van der Waals surface area (Å²) in [6.45, 7) is 0.458. The molecule has 0 aliphatic carbocycles. The maximum atomic E-state index is 12.2. The fourth-order valence-electron chi connectivity index (χ4n) is 1.67. The van der Waals surface area contributed by atoms with Crippen LogP contribution in [-0.2, 0) is 6.42 Å². The lowest BCUT2D eigenvalue weighted by Crippen LogP contribution is -2.08. The Balaban J connectivity index is 2.88. The second-order valence-electron chi connectivity index (χ2n) is 4.07. The maximum absolute atomic E-state index is 12.2. The first-order valence-electron chi connectivity index (χ1n) is 6.05. The van der Waals surface area contributed by atoms with E-state index in [0.717, 1.165) is 17.3 Å². The molecule has 114 valence electrons. The highest BCUT2D eigenvalue weighted by atomic mass is 32.2. The molecule has 0 radical (unpaired) electrons. The summed E-state index contributed by atoms with van der Waals surface area (Å²) >= 11 is 1.10. The second kappa shape index (κ2) is 7.64. The first kappa shape index (κ1) is 17.0. The van der Waals surface area contributed by atoms with Crippen molar-refractivity contribution in [3.63, 3.8) is 0 Å². The molecule has 0 spiro atoms. The van der Waals surface area contributed by atoms with Gasteiger partial charge in [-0.05, 0) is 30.7 Å². The molecule has 0 amide bonds. The maximum Gasteiger partial charge on any atom is 0.389 e. The quantitative estimate of drug-likeness (QED) is 0.785.